The molecule has 7 heteroatoms. The van der Waals surface area contributed by atoms with E-state index in [1.54, 1.807) is 0 Å². The lowest BCUT2D eigenvalue weighted by Crippen LogP contribution is -2.39. The lowest BCUT2D eigenvalue weighted by atomic mass is 10.0. The quantitative estimate of drug-likeness (QED) is 0.414. The number of rotatable bonds is 6. The number of nitrogens with zero attached hydrogens (tertiary/aromatic N) is 4. The zero-order valence-electron chi connectivity index (χ0n) is 21.3. The van der Waals surface area contributed by atoms with Crippen molar-refractivity contribution in [3.05, 3.63) is 88.3 Å². The molecule has 4 aromatic rings. The van der Waals surface area contributed by atoms with Gasteiger partial charge in [-0.15, -0.1) is 0 Å². The minimum Gasteiger partial charge on any atom is -0.379 e. The Hall–Kier alpha value is -3.55. The molecule has 0 bridgehead atoms. The highest BCUT2D eigenvalue weighted by atomic mass is 16.5. The Bertz CT molecular complexity index is 1440. The van der Waals surface area contributed by atoms with E-state index in [0.717, 1.165) is 55.4 Å². The summed E-state index contributed by atoms with van der Waals surface area (Å²) in [4.78, 5) is 25.9. The molecule has 0 aliphatic carbocycles. The van der Waals surface area contributed by atoms with Crippen LogP contribution in [0.3, 0.4) is 0 Å². The van der Waals surface area contributed by atoms with Crippen molar-refractivity contribution < 1.29 is 4.74 Å². The van der Waals surface area contributed by atoms with E-state index in [-0.39, 0.29) is 11.6 Å². The number of benzene rings is 2. The molecule has 190 valence electrons. The van der Waals surface area contributed by atoms with Crippen LogP contribution in [0.2, 0.25) is 0 Å². The van der Waals surface area contributed by atoms with E-state index in [4.69, 9.17) is 9.72 Å². The van der Waals surface area contributed by atoms with Gasteiger partial charge in [-0.05, 0) is 48.9 Å². The SMILES string of the molecule is Cc1ccccc1-c1cc2cnc(NC3CCN(Cc4ccccc4)CC3)nc2n([C@@H]2CCOC2)c1=O. The monoisotopic (exact) mass is 495 g/mol. The maximum atomic E-state index is 13.8. The molecule has 2 aromatic heterocycles. The van der Waals surface area contributed by atoms with Crippen LogP contribution in [-0.2, 0) is 11.3 Å². The predicted octanol–water partition coefficient (Wildman–Crippen LogP) is 4.80. The van der Waals surface area contributed by atoms with Crippen molar-refractivity contribution in [2.24, 2.45) is 0 Å². The molecule has 1 atom stereocenters. The van der Waals surface area contributed by atoms with E-state index in [9.17, 15) is 4.79 Å². The number of nitrogens with one attached hydrogen (secondary N) is 1. The number of anilines is 1. The fourth-order valence-electron chi connectivity index (χ4n) is 5.58. The van der Waals surface area contributed by atoms with Crippen molar-refractivity contribution in [1.29, 1.82) is 0 Å². The number of piperidine rings is 1. The largest absolute Gasteiger partial charge is 0.379 e. The van der Waals surface area contributed by atoms with E-state index >= 15 is 0 Å². The van der Waals surface area contributed by atoms with Crippen molar-refractivity contribution in [2.75, 3.05) is 31.6 Å². The second kappa shape index (κ2) is 10.4. The molecule has 0 saturated carbocycles. The van der Waals surface area contributed by atoms with Gasteiger partial charge in [0, 0.05) is 49.4 Å². The fraction of sp³-hybridized carbons (Fsp3) is 0.367. The van der Waals surface area contributed by atoms with Crippen LogP contribution in [0.15, 0.2) is 71.7 Å². The average molecular weight is 496 g/mol. The predicted molar refractivity (Wildman–Crippen MR) is 147 cm³/mol. The van der Waals surface area contributed by atoms with E-state index in [1.807, 2.05) is 48.0 Å². The maximum Gasteiger partial charge on any atom is 0.260 e. The summed E-state index contributed by atoms with van der Waals surface area (Å²) in [5.74, 6) is 0.588. The first-order chi connectivity index (χ1) is 18.2. The molecule has 0 spiro atoms. The second-order valence-corrected chi connectivity index (χ2v) is 10.2. The minimum atomic E-state index is -0.0251. The van der Waals surface area contributed by atoms with E-state index in [1.165, 1.54) is 5.56 Å². The van der Waals surface area contributed by atoms with Crippen LogP contribution < -0.4 is 10.9 Å². The van der Waals surface area contributed by atoms with Gasteiger partial charge in [-0.2, -0.15) is 4.98 Å². The molecule has 1 N–H and O–H groups in total. The van der Waals surface area contributed by atoms with E-state index < -0.39 is 0 Å². The third kappa shape index (κ3) is 5.02. The van der Waals surface area contributed by atoms with Crippen LogP contribution in [0.5, 0.6) is 0 Å². The van der Waals surface area contributed by atoms with Crippen molar-refractivity contribution in [2.45, 2.75) is 44.8 Å². The normalized spacial score (nSPS) is 18.9. The summed E-state index contributed by atoms with van der Waals surface area (Å²) < 4.78 is 7.51. The molecule has 37 heavy (non-hydrogen) atoms. The van der Waals surface area contributed by atoms with Gasteiger partial charge in [0.25, 0.3) is 5.56 Å². The Kier molecular flexibility index (Phi) is 6.72. The van der Waals surface area contributed by atoms with Crippen LogP contribution >= 0.6 is 0 Å². The first-order valence-electron chi connectivity index (χ1n) is 13.2. The maximum absolute atomic E-state index is 13.8. The Morgan fingerprint density at radius 3 is 2.54 bits per heavy atom. The van der Waals surface area contributed by atoms with Gasteiger partial charge in [0.2, 0.25) is 5.95 Å². The van der Waals surface area contributed by atoms with Crippen molar-refractivity contribution in [3.8, 4) is 11.1 Å². The lowest BCUT2D eigenvalue weighted by molar-refractivity contribution is 0.186. The summed E-state index contributed by atoms with van der Waals surface area (Å²) in [5, 5.41) is 4.42. The zero-order chi connectivity index (χ0) is 25.2. The van der Waals surface area contributed by atoms with Gasteiger partial charge < -0.3 is 10.1 Å². The minimum absolute atomic E-state index is 0.0174. The molecular formula is C30H33N5O2. The summed E-state index contributed by atoms with van der Waals surface area (Å²) in [7, 11) is 0. The number of fused-ring (bicyclic) bond motifs is 1. The highest BCUT2D eigenvalue weighted by molar-refractivity contribution is 5.82. The van der Waals surface area contributed by atoms with Gasteiger partial charge in [0.1, 0.15) is 5.65 Å². The van der Waals surface area contributed by atoms with Crippen molar-refractivity contribution in [3.63, 3.8) is 0 Å². The number of ether oxygens (including phenoxy) is 1. The number of aryl methyl sites for hydroxylation is 1. The first kappa shape index (κ1) is 23.8. The van der Waals surface area contributed by atoms with Crippen LogP contribution in [0.1, 0.15) is 36.4 Å². The molecule has 2 saturated heterocycles. The van der Waals surface area contributed by atoms with Gasteiger partial charge in [0.05, 0.1) is 12.6 Å². The summed E-state index contributed by atoms with van der Waals surface area (Å²) >= 11 is 0. The average Bonchev–Trinajstić information content (AvgIpc) is 3.45. The summed E-state index contributed by atoms with van der Waals surface area (Å²) in [6.45, 7) is 6.27. The third-order valence-corrected chi connectivity index (χ3v) is 7.65. The number of likely N-dealkylation sites (tertiary alicyclic amines) is 1. The number of hydrogen-bond donors (Lipinski definition) is 1. The lowest BCUT2D eigenvalue weighted by Gasteiger charge is -2.32. The Labute approximate surface area is 217 Å². The van der Waals surface area contributed by atoms with Gasteiger partial charge in [-0.25, -0.2) is 4.98 Å². The molecule has 4 heterocycles. The molecule has 0 unspecified atom stereocenters. The zero-order valence-corrected chi connectivity index (χ0v) is 21.3. The smallest absolute Gasteiger partial charge is 0.260 e. The van der Waals surface area contributed by atoms with Gasteiger partial charge in [-0.3, -0.25) is 14.3 Å². The number of pyridine rings is 1. The Morgan fingerprint density at radius 1 is 1.00 bits per heavy atom. The van der Waals surface area contributed by atoms with Crippen LogP contribution in [0.4, 0.5) is 5.95 Å². The molecular weight excluding hydrogens is 462 g/mol. The molecule has 7 nitrogen and oxygen atoms in total. The molecule has 6 rings (SSSR count). The molecule has 2 aromatic carbocycles. The van der Waals surface area contributed by atoms with Gasteiger partial charge in [0.15, 0.2) is 0 Å². The topological polar surface area (TPSA) is 72.3 Å². The van der Waals surface area contributed by atoms with E-state index in [2.05, 4.69) is 45.5 Å². The summed E-state index contributed by atoms with van der Waals surface area (Å²) in [5.41, 5.74) is 4.73. The highest BCUT2D eigenvalue weighted by Gasteiger charge is 2.25. The van der Waals surface area contributed by atoms with Crippen LogP contribution in [-0.4, -0.2) is 51.8 Å². The second-order valence-electron chi connectivity index (χ2n) is 10.2. The van der Waals surface area contributed by atoms with Gasteiger partial charge in [-0.1, -0.05) is 54.6 Å². The highest BCUT2D eigenvalue weighted by Crippen LogP contribution is 2.28. The Balaban J connectivity index is 1.26. The molecule has 2 fully saturated rings. The number of hydrogen-bond acceptors (Lipinski definition) is 6. The van der Waals surface area contributed by atoms with Crippen molar-refractivity contribution in [1.82, 2.24) is 19.4 Å². The first-order valence-corrected chi connectivity index (χ1v) is 13.2. The van der Waals surface area contributed by atoms with E-state index in [0.29, 0.717) is 36.4 Å². The molecule has 0 radical (unpaired) electrons. The molecule has 2 aliphatic heterocycles. The summed E-state index contributed by atoms with van der Waals surface area (Å²) in [6.07, 6.45) is 4.72. The van der Waals surface area contributed by atoms with Gasteiger partial charge >= 0.3 is 0 Å². The summed E-state index contributed by atoms with van der Waals surface area (Å²) in [6, 6.07) is 20.9. The molecule has 0 amide bonds. The van der Waals surface area contributed by atoms with Crippen molar-refractivity contribution >= 4 is 17.0 Å². The number of aromatic nitrogens is 3. The molecule has 2 aliphatic rings. The standard InChI is InChI=1S/C30H33N5O2/c1-21-7-5-6-10-26(21)27-17-23-18-31-30(33-28(23)35(29(27)36)25-13-16-37-20-25)32-24-11-14-34(15-12-24)19-22-8-3-2-4-9-22/h2-10,17-18,24-25H,11-16,19-20H2,1H3,(H,31,32,33)/t25-/m1/s1. The fourth-order valence-corrected chi connectivity index (χ4v) is 5.58. The Morgan fingerprint density at radius 2 is 1.78 bits per heavy atom. The third-order valence-electron chi connectivity index (χ3n) is 7.65. The van der Waals surface area contributed by atoms with Crippen LogP contribution in [0, 0.1) is 6.92 Å². The van der Waals surface area contributed by atoms with Crippen LogP contribution in [0.25, 0.3) is 22.2 Å².